The van der Waals surface area contributed by atoms with Gasteiger partial charge in [0.05, 0.1) is 23.9 Å². The highest BCUT2D eigenvalue weighted by Crippen LogP contribution is 2.29. The first-order chi connectivity index (χ1) is 9.33. The molecule has 3 nitrogen and oxygen atoms in total. The lowest BCUT2D eigenvalue weighted by Crippen LogP contribution is -2.29. The molecule has 1 heterocycles. The zero-order valence-corrected chi connectivity index (χ0v) is 12.8. The minimum atomic E-state index is 0.660. The number of hydrogen-bond donors (Lipinski definition) is 1. The Morgan fingerprint density at radius 3 is 2.89 bits per heavy atom. The zero-order valence-electron chi connectivity index (χ0n) is 11.9. The Morgan fingerprint density at radius 1 is 1.37 bits per heavy atom. The first-order valence-electron chi connectivity index (χ1n) is 7.54. The van der Waals surface area contributed by atoms with Crippen molar-refractivity contribution in [2.45, 2.75) is 52.1 Å². The topological polar surface area (TPSA) is 48.1 Å². The highest BCUT2D eigenvalue weighted by molar-refractivity contribution is 7.09. The summed E-state index contributed by atoms with van der Waals surface area (Å²) in [7, 11) is 0. The van der Waals surface area contributed by atoms with Crippen LogP contribution in [0.2, 0.25) is 0 Å². The second kappa shape index (κ2) is 7.98. The number of aryl methyl sites for hydroxylation is 1. The molecular formula is C15H26N2OS. The molecule has 0 saturated heterocycles. The standard InChI is InChI=1S/C15H26N2OS/c1-2-5-15-17-14(11-19-15)10-18-9-13-7-4-3-6-12(13)8-16/h11-13H,2-10,16H2,1H3. The highest BCUT2D eigenvalue weighted by atomic mass is 32.1. The fourth-order valence-corrected chi connectivity index (χ4v) is 3.76. The molecule has 1 aromatic rings. The van der Waals surface area contributed by atoms with Gasteiger partial charge >= 0.3 is 0 Å². The van der Waals surface area contributed by atoms with E-state index in [1.807, 2.05) is 0 Å². The van der Waals surface area contributed by atoms with E-state index in [1.165, 1.54) is 30.7 Å². The second-order valence-electron chi connectivity index (χ2n) is 5.54. The molecule has 0 bridgehead atoms. The maximum atomic E-state index is 5.87. The van der Waals surface area contributed by atoms with Crippen molar-refractivity contribution in [1.82, 2.24) is 4.98 Å². The van der Waals surface area contributed by atoms with Crippen LogP contribution in [0.5, 0.6) is 0 Å². The van der Waals surface area contributed by atoms with E-state index in [2.05, 4.69) is 17.3 Å². The second-order valence-corrected chi connectivity index (χ2v) is 6.48. The van der Waals surface area contributed by atoms with Crippen LogP contribution in [0.25, 0.3) is 0 Å². The van der Waals surface area contributed by atoms with Gasteiger partial charge in [0.25, 0.3) is 0 Å². The quantitative estimate of drug-likeness (QED) is 0.834. The molecule has 2 unspecified atom stereocenters. The van der Waals surface area contributed by atoms with E-state index >= 15 is 0 Å². The average Bonchev–Trinajstić information content (AvgIpc) is 2.87. The third-order valence-corrected chi connectivity index (χ3v) is 4.97. The fraction of sp³-hybridized carbons (Fsp3) is 0.800. The Balaban J connectivity index is 1.72. The molecule has 2 atom stereocenters. The van der Waals surface area contributed by atoms with Gasteiger partial charge in [0.1, 0.15) is 0 Å². The molecular weight excluding hydrogens is 256 g/mol. The fourth-order valence-electron chi connectivity index (χ4n) is 2.87. The van der Waals surface area contributed by atoms with Gasteiger partial charge in [0.15, 0.2) is 0 Å². The van der Waals surface area contributed by atoms with Gasteiger partial charge < -0.3 is 10.5 Å². The smallest absolute Gasteiger partial charge is 0.0929 e. The van der Waals surface area contributed by atoms with Gasteiger partial charge in [-0.2, -0.15) is 0 Å². The summed E-state index contributed by atoms with van der Waals surface area (Å²) >= 11 is 1.75. The van der Waals surface area contributed by atoms with Crippen molar-refractivity contribution in [3.63, 3.8) is 0 Å². The van der Waals surface area contributed by atoms with Crippen LogP contribution >= 0.6 is 11.3 Å². The summed E-state index contributed by atoms with van der Waals surface area (Å²) in [6.07, 6.45) is 7.48. The Kier molecular flexibility index (Phi) is 6.28. The normalized spacial score (nSPS) is 23.7. The largest absolute Gasteiger partial charge is 0.375 e. The molecule has 0 aliphatic heterocycles. The van der Waals surface area contributed by atoms with E-state index in [-0.39, 0.29) is 0 Å². The van der Waals surface area contributed by atoms with E-state index in [0.29, 0.717) is 18.4 Å². The monoisotopic (exact) mass is 282 g/mol. The molecule has 1 saturated carbocycles. The Hall–Kier alpha value is -0.450. The maximum Gasteiger partial charge on any atom is 0.0929 e. The molecule has 108 valence electrons. The van der Waals surface area contributed by atoms with Crippen molar-refractivity contribution < 1.29 is 4.74 Å². The molecule has 2 rings (SSSR count). The van der Waals surface area contributed by atoms with Crippen molar-refractivity contribution in [2.75, 3.05) is 13.2 Å². The third-order valence-electron chi connectivity index (χ3n) is 4.01. The molecule has 4 heteroatoms. The molecule has 1 fully saturated rings. The number of nitrogens with zero attached hydrogens (tertiary/aromatic N) is 1. The average molecular weight is 282 g/mol. The molecule has 0 aromatic carbocycles. The summed E-state index contributed by atoms with van der Waals surface area (Å²) in [6.45, 7) is 4.51. The van der Waals surface area contributed by atoms with Crippen LogP contribution < -0.4 is 5.73 Å². The summed E-state index contributed by atoms with van der Waals surface area (Å²) in [5, 5.41) is 3.37. The molecule has 0 amide bonds. The highest BCUT2D eigenvalue weighted by Gasteiger charge is 2.23. The molecule has 1 aliphatic carbocycles. The van der Waals surface area contributed by atoms with Crippen LogP contribution in [0.3, 0.4) is 0 Å². The van der Waals surface area contributed by atoms with Crippen molar-refractivity contribution in [3.8, 4) is 0 Å². The molecule has 0 radical (unpaired) electrons. The lowest BCUT2D eigenvalue weighted by molar-refractivity contribution is 0.0499. The first-order valence-corrected chi connectivity index (χ1v) is 8.42. The van der Waals surface area contributed by atoms with E-state index in [4.69, 9.17) is 10.5 Å². The minimum absolute atomic E-state index is 0.660. The number of thiazole rings is 1. The van der Waals surface area contributed by atoms with Crippen molar-refractivity contribution in [2.24, 2.45) is 17.6 Å². The summed E-state index contributed by atoms with van der Waals surface area (Å²) in [4.78, 5) is 4.59. The van der Waals surface area contributed by atoms with Gasteiger partial charge in [0, 0.05) is 5.38 Å². The molecule has 0 spiro atoms. The predicted molar refractivity (Wildman–Crippen MR) is 80.3 cm³/mol. The summed E-state index contributed by atoms with van der Waals surface area (Å²) in [5.41, 5.74) is 6.94. The van der Waals surface area contributed by atoms with Gasteiger partial charge in [0.2, 0.25) is 0 Å². The van der Waals surface area contributed by atoms with E-state index in [0.717, 1.165) is 31.7 Å². The molecule has 1 aromatic heterocycles. The van der Waals surface area contributed by atoms with Crippen LogP contribution in [-0.2, 0) is 17.8 Å². The van der Waals surface area contributed by atoms with Gasteiger partial charge in [-0.15, -0.1) is 11.3 Å². The van der Waals surface area contributed by atoms with Crippen LogP contribution in [0.1, 0.15) is 49.7 Å². The lowest BCUT2D eigenvalue weighted by atomic mass is 9.80. The summed E-state index contributed by atoms with van der Waals surface area (Å²) < 4.78 is 5.87. The van der Waals surface area contributed by atoms with Crippen LogP contribution in [0.15, 0.2) is 5.38 Å². The SMILES string of the molecule is CCCc1nc(COCC2CCCCC2CN)cs1. The lowest BCUT2D eigenvalue weighted by Gasteiger charge is -2.30. The number of nitrogens with two attached hydrogens (primary N) is 1. The first kappa shape index (κ1) is 14.9. The van der Waals surface area contributed by atoms with E-state index < -0.39 is 0 Å². The van der Waals surface area contributed by atoms with Crippen LogP contribution in [0, 0.1) is 11.8 Å². The maximum absolute atomic E-state index is 5.87. The van der Waals surface area contributed by atoms with E-state index in [9.17, 15) is 0 Å². The van der Waals surface area contributed by atoms with Crippen molar-refractivity contribution in [1.29, 1.82) is 0 Å². The third kappa shape index (κ3) is 4.55. The number of hydrogen-bond acceptors (Lipinski definition) is 4. The number of aromatic nitrogens is 1. The number of rotatable bonds is 7. The summed E-state index contributed by atoms with van der Waals surface area (Å²) in [6, 6.07) is 0. The van der Waals surface area contributed by atoms with Gasteiger partial charge in [-0.05, 0) is 44.1 Å². The Labute approximate surface area is 120 Å². The molecule has 1 aliphatic rings. The van der Waals surface area contributed by atoms with E-state index in [1.54, 1.807) is 11.3 Å². The molecule has 2 N–H and O–H groups in total. The minimum Gasteiger partial charge on any atom is -0.375 e. The Bertz CT molecular complexity index is 367. The van der Waals surface area contributed by atoms with Gasteiger partial charge in [-0.3, -0.25) is 0 Å². The van der Waals surface area contributed by atoms with Crippen molar-refractivity contribution >= 4 is 11.3 Å². The zero-order chi connectivity index (χ0) is 13.5. The Morgan fingerprint density at radius 2 is 2.16 bits per heavy atom. The van der Waals surface area contributed by atoms with Crippen molar-refractivity contribution in [3.05, 3.63) is 16.1 Å². The predicted octanol–water partition coefficient (Wildman–Crippen LogP) is 3.38. The summed E-state index contributed by atoms with van der Waals surface area (Å²) in [5.74, 6) is 1.33. The van der Waals surface area contributed by atoms with Gasteiger partial charge in [-0.25, -0.2) is 4.98 Å². The number of ether oxygens (including phenoxy) is 1. The van der Waals surface area contributed by atoms with Crippen LogP contribution in [0.4, 0.5) is 0 Å². The van der Waals surface area contributed by atoms with Crippen LogP contribution in [-0.4, -0.2) is 18.1 Å². The molecule has 19 heavy (non-hydrogen) atoms. The van der Waals surface area contributed by atoms with Gasteiger partial charge in [-0.1, -0.05) is 19.8 Å².